The number of benzene rings is 2. The molecule has 172 valence electrons. The van der Waals surface area contributed by atoms with Crippen LogP contribution in [0.5, 0.6) is 0 Å². The minimum Gasteiger partial charge on any atom is -0.379 e. The van der Waals surface area contributed by atoms with E-state index in [4.69, 9.17) is 9.72 Å². The number of carbonyl (C=O) groups excluding carboxylic acids is 1. The van der Waals surface area contributed by atoms with Crippen LogP contribution >= 0.6 is 23.1 Å². The van der Waals surface area contributed by atoms with E-state index >= 15 is 0 Å². The summed E-state index contributed by atoms with van der Waals surface area (Å²) in [4.78, 5) is 33.7. The molecule has 1 aliphatic heterocycles. The lowest BCUT2D eigenvalue weighted by Crippen LogP contribution is -2.42. The molecule has 33 heavy (non-hydrogen) atoms. The van der Waals surface area contributed by atoms with Crippen molar-refractivity contribution in [2.24, 2.45) is 0 Å². The van der Waals surface area contributed by atoms with Crippen LogP contribution < -0.4 is 4.90 Å². The summed E-state index contributed by atoms with van der Waals surface area (Å²) in [5.74, 6) is -0.209. The molecule has 1 saturated heterocycles. The molecule has 0 aliphatic carbocycles. The molecule has 8 nitrogen and oxygen atoms in total. The van der Waals surface area contributed by atoms with Crippen molar-refractivity contribution in [1.29, 1.82) is 0 Å². The second-order valence-electron chi connectivity index (χ2n) is 7.43. The highest BCUT2D eigenvalue weighted by Gasteiger charge is 2.21. The topological polar surface area (TPSA) is 88.8 Å². The van der Waals surface area contributed by atoms with E-state index in [0.717, 1.165) is 28.2 Å². The zero-order valence-corrected chi connectivity index (χ0v) is 19.8. The Bertz CT molecular complexity index is 1170. The third-order valence-electron chi connectivity index (χ3n) is 5.33. The van der Waals surface area contributed by atoms with Gasteiger partial charge < -0.3 is 4.74 Å². The third kappa shape index (κ3) is 5.77. The molecule has 0 spiro atoms. The van der Waals surface area contributed by atoms with Crippen molar-refractivity contribution in [1.82, 2.24) is 9.88 Å². The number of thiazole rings is 1. The van der Waals surface area contributed by atoms with Gasteiger partial charge >= 0.3 is 0 Å². The Hall–Kier alpha value is -2.79. The van der Waals surface area contributed by atoms with Gasteiger partial charge in [-0.15, -0.1) is 11.8 Å². The van der Waals surface area contributed by atoms with E-state index in [2.05, 4.69) is 4.90 Å². The number of nitrogens with zero attached hydrogens (tertiary/aromatic N) is 4. The second kappa shape index (κ2) is 10.9. The van der Waals surface area contributed by atoms with Crippen LogP contribution in [0.25, 0.3) is 16.3 Å². The summed E-state index contributed by atoms with van der Waals surface area (Å²) >= 11 is 3.12. The normalized spacial score (nSPS) is 14.7. The number of thioether (sulfide) groups is 1. The molecule has 2 aromatic carbocycles. The fourth-order valence-electron chi connectivity index (χ4n) is 3.56. The molecule has 0 saturated carbocycles. The number of anilines is 1. The molecule has 2 heterocycles. The summed E-state index contributed by atoms with van der Waals surface area (Å²) in [5, 5.41) is 11.7. The molecule has 0 atom stereocenters. The third-order valence-corrected chi connectivity index (χ3v) is 7.14. The number of nitro benzene ring substituents is 1. The van der Waals surface area contributed by atoms with Gasteiger partial charge in [0.05, 0.1) is 28.4 Å². The Morgan fingerprint density at radius 3 is 2.85 bits per heavy atom. The molecule has 4 rings (SSSR count). The Morgan fingerprint density at radius 1 is 1.30 bits per heavy atom. The van der Waals surface area contributed by atoms with Gasteiger partial charge in [-0.2, -0.15) is 0 Å². The van der Waals surface area contributed by atoms with E-state index in [9.17, 15) is 14.9 Å². The lowest BCUT2D eigenvalue weighted by Gasteiger charge is -2.28. The van der Waals surface area contributed by atoms with Crippen molar-refractivity contribution in [2.75, 3.05) is 50.5 Å². The minimum atomic E-state index is -0.446. The monoisotopic (exact) mass is 484 g/mol. The molecule has 1 fully saturated rings. The number of para-hydroxylation sites is 1. The van der Waals surface area contributed by atoms with Crippen molar-refractivity contribution in [3.8, 4) is 0 Å². The zero-order valence-electron chi connectivity index (χ0n) is 18.2. The maximum Gasteiger partial charge on any atom is 0.270 e. The van der Waals surface area contributed by atoms with Gasteiger partial charge in [-0.05, 0) is 30.0 Å². The lowest BCUT2D eigenvalue weighted by atomic mass is 10.2. The zero-order chi connectivity index (χ0) is 23.2. The SMILES string of the molecule is CSc1cccc2sc(N(CCN3CCOCC3)C(=O)C=Cc3cccc([N+](=O)[O-])c3)nc12. The second-order valence-corrected chi connectivity index (χ2v) is 9.29. The largest absolute Gasteiger partial charge is 0.379 e. The molecule has 0 unspecified atom stereocenters. The number of hydrogen-bond acceptors (Lipinski definition) is 8. The first-order valence-electron chi connectivity index (χ1n) is 10.5. The number of carbonyl (C=O) groups is 1. The molecule has 10 heteroatoms. The number of non-ortho nitro benzene ring substituents is 1. The van der Waals surface area contributed by atoms with E-state index in [1.807, 2.05) is 24.5 Å². The maximum atomic E-state index is 13.3. The highest BCUT2D eigenvalue weighted by atomic mass is 32.2. The van der Waals surface area contributed by atoms with Gasteiger partial charge in [0.1, 0.15) is 0 Å². The van der Waals surface area contributed by atoms with Crippen LogP contribution in [0.4, 0.5) is 10.8 Å². The highest BCUT2D eigenvalue weighted by Crippen LogP contribution is 2.34. The number of amides is 1. The molecule has 1 aromatic heterocycles. The Morgan fingerprint density at radius 2 is 2.09 bits per heavy atom. The smallest absolute Gasteiger partial charge is 0.270 e. The molecular formula is C23H24N4O4S2. The average molecular weight is 485 g/mol. The van der Waals surface area contributed by atoms with Crippen LogP contribution in [-0.4, -0.2) is 66.4 Å². The van der Waals surface area contributed by atoms with Gasteiger partial charge in [-0.3, -0.25) is 24.7 Å². The summed E-state index contributed by atoms with van der Waals surface area (Å²) < 4.78 is 6.46. The van der Waals surface area contributed by atoms with Gasteiger partial charge in [0.25, 0.3) is 11.6 Å². The number of rotatable bonds is 8. The van der Waals surface area contributed by atoms with Crippen molar-refractivity contribution in [3.05, 3.63) is 64.2 Å². The summed E-state index contributed by atoms with van der Waals surface area (Å²) in [6, 6.07) is 12.3. The molecular weight excluding hydrogens is 460 g/mol. The maximum absolute atomic E-state index is 13.3. The van der Waals surface area contributed by atoms with E-state index in [-0.39, 0.29) is 11.6 Å². The number of morpholine rings is 1. The predicted octanol–water partition coefficient (Wildman–Crippen LogP) is 4.31. The van der Waals surface area contributed by atoms with E-state index in [1.165, 1.54) is 29.5 Å². The van der Waals surface area contributed by atoms with Crippen molar-refractivity contribution >= 4 is 56.1 Å². The van der Waals surface area contributed by atoms with E-state index < -0.39 is 4.92 Å². The fraction of sp³-hybridized carbons (Fsp3) is 0.304. The average Bonchev–Trinajstić information content (AvgIpc) is 3.27. The molecule has 0 bridgehead atoms. The number of fused-ring (bicyclic) bond motifs is 1. The summed E-state index contributed by atoms with van der Waals surface area (Å²) in [5.41, 5.74) is 1.49. The molecule has 0 N–H and O–H groups in total. The first kappa shape index (κ1) is 23.4. The Balaban J connectivity index is 1.59. The van der Waals surface area contributed by atoms with E-state index in [0.29, 0.717) is 37.0 Å². The van der Waals surface area contributed by atoms with Gasteiger partial charge in [-0.25, -0.2) is 4.98 Å². The van der Waals surface area contributed by atoms with Crippen LogP contribution in [0.15, 0.2) is 53.4 Å². The van der Waals surface area contributed by atoms with Crippen molar-refractivity contribution in [3.63, 3.8) is 0 Å². The first-order valence-corrected chi connectivity index (χ1v) is 12.6. The number of hydrogen-bond donors (Lipinski definition) is 0. The van der Waals surface area contributed by atoms with Gasteiger partial charge in [-0.1, -0.05) is 29.5 Å². The Kier molecular flexibility index (Phi) is 7.71. The Labute approximate surface area is 200 Å². The molecule has 0 radical (unpaired) electrons. The van der Waals surface area contributed by atoms with E-state index in [1.54, 1.807) is 34.9 Å². The van der Waals surface area contributed by atoms with Crippen LogP contribution in [0.1, 0.15) is 5.56 Å². The number of nitro groups is 1. The molecule has 3 aromatic rings. The quantitative estimate of drug-likeness (QED) is 0.204. The van der Waals surface area contributed by atoms with Gasteiger partial charge in [0, 0.05) is 49.3 Å². The summed E-state index contributed by atoms with van der Waals surface area (Å²) in [7, 11) is 0. The molecule has 1 amide bonds. The first-order chi connectivity index (χ1) is 16.0. The summed E-state index contributed by atoms with van der Waals surface area (Å²) in [6.45, 7) is 4.26. The number of ether oxygens (including phenoxy) is 1. The number of aromatic nitrogens is 1. The standard InChI is InChI=1S/C23H24N4O4S2/c1-32-19-6-3-7-20-22(19)24-23(33-20)26(11-10-25-12-14-31-15-13-25)21(28)9-8-17-4-2-5-18(16-17)27(29)30/h2-9,16H,10-15H2,1H3. The minimum absolute atomic E-state index is 0.00968. The van der Waals surface area contributed by atoms with Crippen LogP contribution in [0, 0.1) is 10.1 Å². The van der Waals surface area contributed by atoms with Gasteiger partial charge in [0.15, 0.2) is 5.13 Å². The lowest BCUT2D eigenvalue weighted by molar-refractivity contribution is -0.384. The summed E-state index contributed by atoms with van der Waals surface area (Å²) in [6.07, 6.45) is 5.08. The van der Waals surface area contributed by atoms with Gasteiger partial charge in [0.2, 0.25) is 0 Å². The predicted molar refractivity (Wildman–Crippen MR) is 133 cm³/mol. The van der Waals surface area contributed by atoms with Crippen molar-refractivity contribution in [2.45, 2.75) is 4.90 Å². The van der Waals surface area contributed by atoms with Crippen LogP contribution in [0.2, 0.25) is 0 Å². The highest BCUT2D eigenvalue weighted by molar-refractivity contribution is 7.98. The van der Waals surface area contributed by atoms with Crippen LogP contribution in [-0.2, 0) is 9.53 Å². The van der Waals surface area contributed by atoms with Crippen LogP contribution in [0.3, 0.4) is 0 Å². The van der Waals surface area contributed by atoms with Crippen molar-refractivity contribution < 1.29 is 14.5 Å². The fourth-order valence-corrected chi connectivity index (χ4v) is 5.21. The molecule has 1 aliphatic rings.